The summed E-state index contributed by atoms with van der Waals surface area (Å²) < 4.78 is 12.8. The standard InChI is InChI=1S/C14H21FN2O/c1-10(2)17-14(18)8-9-16-11(3)12-4-6-13(15)7-5-12/h4-7,10-11,16H,8-9H2,1-3H3,(H,17,18)/t11-/m1/s1. The van der Waals surface area contributed by atoms with E-state index in [9.17, 15) is 9.18 Å². The fourth-order valence-electron chi connectivity index (χ4n) is 1.67. The Labute approximate surface area is 108 Å². The Morgan fingerprint density at radius 1 is 1.22 bits per heavy atom. The molecule has 0 unspecified atom stereocenters. The second-order valence-corrected chi connectivity index (χ2v) is 4.70. The Balaban J connectivity index is 2.31. The lowest BCUT2D eigenvalue weighted by atomic mass is 10.1. The van der Waals surface area contributed by atoms with Gasteiger partial charge in [-0.1, -0.05) is 12.1 Å². The second-order valence-electron chi connectivity index (χ2n) is 4.70. The van der Waals surface area contributed by atoms with Crippen LogP contribution in [-0.2, 0) is 4.79 Å². The van der Waals surface area contributed by atoms with Gasteiger partial charge in [0.25, 0.3) is 0 Å². The zero-order valence-corrected chi connectivity index (χ0v) is 11.2. The van der Waals surface area contributed by atoms with E-state index in [0.717, 1.165) is 5.56 Å². The van der Waals surface area contributed by atoms with Gasteiger partial charge in [0.2, 0.25) is 5.91 Å². The summed E-state index contributed by atoms with van der Waals surface area (Å²) in [6, 6.07) is 6.67. The van der Waals surface area contributed by atoms with Crippen molar-refractivity contribution in [1.29, 1.82) is 0 Å². The molecule has 0 aromatic heterocycles. The molecule has 1 rings (SSSR count). The van der Waals surface area contributed by atoms with Gasteiger partial charge < -0.3 is 10.6 Å². The number of nitrogens with one attached hydrogen (secondary N) is 2. The fourth-order valence-corrected chi connectivity index (χ4v) is 1.67. The number of halogens is 1. The molecule has 0 saturated heterocycles. The molecule has 0 radical (unpaired) electrons. The Morgan fingerprint density at radius 2 is 1.83 bits per heavy atom. The molecule has 4 heteroatoms. The van der Waals surface area contributed by atoms with E-state index < -0.39 is 0 Å². The fraction of sp³-hybridized carbons (Fsp3) is 0.500. The van der Waals surface area contributed by atoms with Crippen molar-refractivity contribution >= 4 is 5.91 Å². The molecule has 100 valence electrons. The number of rotatable bonds is 6. The van der Waals surface area contributed by atoms with Crippen LogP contribution < -0.4 is 10.6 Å². The molecule has 0 heterocycles. The quantitative estimate of drug-likeness (QED) is 0.816. The van der Waals surface area contributed by atoms with Gasteiger partial charge >= 0.3 is 0 Å². The van der Waals surface area contributed by atoms with Crippen molar-refractivity contribution in [2.24, 2.45) is 0 Å². The Morgan fingerprint density at radius 3 is 2.39 bits per heavy atom. The summed E-state index contributed by atoms with van der Waals surface area (Å²) in [6.45, 7) is 6.48. The Bertz CT molecular complexity index is 376. The van der Waals surface area contributed by atoms with Crippen LogP contribution >= 0.6 is 0 Å². The van der Waals surface area contributed by atoms with Crippen LogP contribution in [0.3, 0.4) is 0 Å². The molecule has 1 amide bonds. The van der Waals surface area contributed by atoms with Crippen LogP contribution in [-0.4, -0.2) is 18.5 Å². The molecule has 0 saturated carbocycles. The molecular weight excluding hydrogens is 231 g/mol. The Hall–Kier alpha value is -1.42. The van der Waals surface area contributed by atoms with E-state index in [0.29, 0.717) is 13.0 Å². The monoisotopic (exact) mass is 252 g/mol. The van der Waals surface area contributed by atoms with Crippen molar-refractivity contribution in [3.63, 3.8) is 0 Å². The van der Waals surface area contributed by atoms with E-state index in [1.165, 1.54) is 12.1 Å². The third kappa shape index (κ3) is 5.27. The van der Waals surface area contributed by atoms with Crippen LogP contribution in [0.4, 0.5) is 4.39 Å². The van der Waals surface area contributed by atoms with Crippen molar-refractivity contribution in [1.82, 2.24) is 10.6 Å². The summed E-state index contributed by atoms with van der Waals surface area (Å²) in [4.78, 5) is 11.4. The summed E-state index contributed by atoms with van der Waals surface area (Å²) in [5, 5.41) is 6.07. The van der Waals surface area contributed by atoms with Gasteiger partial charge in [0, 0.05) is 25.0 Å². The average molecular weight is 252 g/mol. The third-order valence-corrected chi connectivity index (χ3v) is 2.62. The van der Waals surface area contributed by atoms with Gasteiger partial charge in [0.15, 0.2) is 0 Å². The lowest BCUT2D eigenvalue weighted by Crippen LogP contribution is -2.33. The van der Waals surface area contributed by atoms with Crippen molar-refractivity contribution < 1.29 is 9.18 Å². The number of benzene rings is 1. The summed E-state index contributed by atoms with van der Waals surface area (Å²) in [7, 11) is 0. The Kier molecular flexibility index (Phi) is 5.78. The van der Waals surface area contributed by atoms with Crippen molar-refractivity contribution in [3.05, 3.63) is 35.6 Å². The highest BCUT2D eigenvalue weighted by atomic mass is 19.1. The molecule has 0 fully saturated rings. The first-order chi connectivity index (χ1) is 8.49. The molecule has 0 spiro atoms. The van der Waals surface area contributed by atoms with E-state index in [2.05, 4.69) is 10.6 Å². The maximum Gasteiger partial charge on any atom is 0.221 e. The SMILES string of the molecule is CC(C)NC(=O)CCN[C@H](C)c1ccc(F)cc1. The molecular formula is C14H21FN2O. The van der Waals surface area contributed by atoms with E-state index >= 15 is 0 Å². The first-order valence-corrected chi connectivity index (χ1v) is 6.27. The highest BCUT2D eigenvalue weighted by Crippen LogP contribution is 2.12. The smallest absolute Gasteiger partial charge is 0.221 e. The van der Waals surface area contributed by atoms with Crippen LogP contribution in [0.2, 0.25) is 0 Å². The van der Waals surface area contributed by atoms with Gasteiger partial charge in [0.1, 0.15) is 5.82 Å². The minimum atomic E-state index is -0.234. The topological polar surface area (TPSA) is 41.1 Å². The van der Waals surface area contributed by atoms with Crippen LogP contribution in [0.25, 0.3) is 0 Å². The first-order valence-electron chi connectivity index (χ1n) is 6.27. The van der Waals surface area contributed by atoms with Crippen LogP contribution in [0.1, 0.15) is 38.8 Å². The molecule has 0 aliphatic rings. The van der Waals surface area contributed by atoms with E-state index in [4.69, 9.17) is 0 Å². The minimum absolute atomic E-state index is 0.0452. The molecule has 0 aliphatic carbocycles. The van der Waals surface area contributed by atoms with Crippen LogP contribution in [0, 0.1) is 5.82 Å². The highest BCUT2D eigenvalue weighted by Gasteiger charge is 2.07. The molecule has 18 heavy (non-hydrogen) atoms. The molecule has 2 N–H and O–H groups in total. The van der Waals surface area contributed by atoms with Crippen molar-refractivity contribution in [2.45, 2.75) is 39.3 Å². The number of carbonyl (C=O) groups excluding carboxylic acids is 1. The molecule has 1 aromatic carbocycles. The summed E-state index contributed by atoms with van der Waals surface area (Å²) in [5.74, 6) is -0.189. The maximum atomic E-state index is 12.8. The van der Waals surface area contributed by atoms with E-state index in [-0.39, 0.29) is 23.8 Å². The van der Waals surface area contributed by atoms with Gasteiger partial charge in [-0.3, -0.25) is 4.79 Å². The molecule has 0 aliphatic heterocycles. The molecule has 1 atom stereocenters. The van der Waals surface area contributed by atoms with Crippen LogP contribution in [0.15, 0.2) is 24.3 Å². The van der Waals surface area contributed by atoms with Crippen LogP contribution in [0.5, 0.6) is 0 Å². The van der Waals surface area contributed by atoms with Gasteiger partial charge in [-0.2, -0.15) is 0 Å². The van der Waals surface area contributed by atoms with Gasteiger partial charge in [-0.05, 0) is 38.5 Å². The average Bonchev–Trinajstić information content (AvgIpc) is 2.28. The van der Waals surface area contributed by atoms with Crippen molar-refractivity contribution in [3.8, 4) is 0 Å². The number of hydrogen-bond donors (Lipinski definition) is 2. The van der Waals surface area contributed by atoms with Crippen molar-refractivity contribution in [2.75, 3.05) is 6.54 Å². The van der Waals surface area contributed by atoms with E-state index in [1.54, 1.807) is 12.1 Å². The summed E-state index contributed by atoms with van der Waals surface area (Å²) >= 11 is 0. The predicted molar refractivity (Wildman–Crippen MR) is 70.7 cm³/mol. The van der Waals surface area contributed by atoms with Gasteiger partial charge in [0.05, 0.1) is 0 Å². The molecule has 1 aromatic rings. The zero-order valence-electron chi connectivity index (χ0n) is 11.2. The number of carbonyl (C=O) groups is 1. The second kappa shape index (κ2) is 7.11. The lowest BCUT2D eigenvalue weighted by molar-refractivity contribution is -0.121. The predicted octanol–water partition coefficient (Wildman–Crippen LogP) is 2.39. The molecule has 0 bridgehead atoms. The largest absolute Gasteiger partial charge is 0.354 e. The number of hydrogen-bond acceptors (Lipinski definition) is 2. The third-order valence-electron chi connectivity index (χ3n) is 2.62. The normalized spacial score (nSPS) is 12.5. The zero-order chi connectivity index (χ0) is 13.5. The molecule has 3 nitrogen and oxygen atoms in total. The lowest BCUT2D eigenvalue weighted by Gasteiger charge is -2.14. The maximum absolute atomic E-state index is 12.8. The first kappa shape index (κ1) is 14.6. The summed E-state index contributed by atoms with van der Waals surface area (Å²) in [5.41, 5.74) is 1.01. The summed E-state index contributed by atoms with van der Waals surface area (Å²) in [6.07, 6.45) is 0.448. The highest BCUT2D eigenvalue weighted by molar-refractivity contribution is 5.76. The number of amides is 1. The minimum Gasteiger partial charge on any atom is -0.354 e. The van der Waals surface area contributed by atoms with Gasteiger partial charge in [-0.15, -0.1) is 0 Å². The van der Waals surface area contributed by atoms with E-state index in [1.807, 2.05) is 20.8 Å². The van der Waals surface area contributed by atoms with Gasteiger partial charge in [-0.25, -0.2) is 4.39 Å².